The Labute approximate surface area is 94.2 Å². The molecule has 16 heavy (non-hydrogen) atoms. The highest BCUT2D eigenvalue weighted by atomic mass is 16.2. The first-order valence-electron chi connectivity index (χ1n) is 5.27. The molecule has 1 atom stereocenters. The molecule has 0 saturated carbocycles. The summed E-state index contributed by atoms with van der Waals surface area (Å²) in [6.45, 7) is 2.77. The summed E-state index contributed by atoms with van der Waals surface area (Å²) >= 11 is 0. The van der Waals surface area contributed by atoms with E-state index >= 15 is 0 Å². The molecule has 1 unspecified atom stereocenters. The van der Waals surface area contributed by atoms with Crippen LogP contribution in [0.1, 0.15) is 27.6 Å². The fourth-order valence-electron chi connectivity index (χ4n) is 1.68. The lowest BCUT2D eigenvalue weighted by molar-refractivity contribution is 0.0864. The van der Waals surface area contributed by atoms with Crippen LogP contribution in [-0.4, -0.2) is 36.3 Å². The fraction of sp³-hybridized carbons (Fsp3) is 0.333. The van der Waals surface area contributed by atoms with Gasteiger partial charge in [0.2, 0.25) is 0 Å². The molecule has 84 valence electrons. The summed E-state index contributed by atoms with van der Waals surface area (Å²) in [5.41, 5.74) is 0.917. The van der Waals surface area contributed by atoms with Gasteiger partial charge in [-0.25, -0.2) is 0 Å². The maximum absolute atomic E-state index is 12.0. The third-order valence-electron chi connectivity index (χ3n) is 2.75. The molecule has 0 aliphatic carbocycles. The molecule has 0 radical (unpaired) electrons. The lowest BCUT2D eigenvalue weighted by Gasteiger charge is -2.08. The van der Waals surface area contributed by atoms with Crippen molar-refractivity contribution in [2.24, 2.45) is 0 Å². The molecule has 0 spiro atoms. The number of hydrogen-bond donors (Lipinski definition) is 1. The highest BCUT2D eigenvalue weighted by Crippen LogP contribution is 2.22. The summed E-state index contributed by atoms with van der Waals surface area (Å²) in [6.07, 6.45) is 0. The van der Waals surface area contributed by atoms with E-state index in [4.69, 9.17) is 0 Å². The second kappa shape index (κ2) is 3.96. The van der Waals surface area contributed by atoms with Crippen LogP contribution >= 0.6 is 0 Å². The topological polar surface area (TPSA) is 49.2 Å². The summed E-state index contributed by atoms with van der Waals surface area (Å²) in [5.74, 6) is -0.287. The summed E-state index contributed by atoms with van der Waals surface area (Å²) in [6, 6.07) is 7.18. The van der Waals surface area contributed by atoms with Gasteiger partial charge in [0.25, 0.3) is 11.8 Å². The molecule has 0 bridgehead atoms. The van der Waals surface area contributed by atoms with Gasteiger partial charge >= 0.3 is 0 Å². The van der Waals surface area contributed by atoms with Crippen LogP contribution in [0.25, 0.3) is 0 Å². The zero-order valence-corrected chi connectivity index (χ0v) is 9.36. The molecule has 2 rings (SSSR count). The standard InChI is InChI=1S/C12H14N2O2/c1-8-7-14(8)12(16)10-6-4-3-5-9(10)11(15)13-2/h3-6,8H,7H2,1-2H3,(H,13,15). The van der Waals surface area contributed by atoms with E-state index in [0.29, 0.717) is 17.2 Å². The predicted molar refractivity (Wildman–Crippen MR) is 60.3 cm³/mol. The van der Waals surface area contributed by atoms with Crippen molar-refractivity contribution in [3.05, 3.63) is 35.4 Å². The third-order valence-corrected chi connectivity index (χ3v) is 2.75. The van der Waals surface area contributed by atoms with E-state index in [1.807, 2.05) is 6.92 Å². The van der Waals surface area contributed by atoms with E-state index in [2.05, 4.69) is 5.32 Å². The van der Waals surface area contributed by atoms with E-state index in [1.165, 1.54) is 0 Å². The van der Waals surface area contributed by atoms with Crippen molar-refractivity contribution in [1.29, 1.82) is 0 Å². The minimum absolute atomic E-state index is 0.0632. The second-order valence-electron chi connectivity index (χ2n) is 3.93. The molecule has 1 aromatic carbocycles. The Morgan fingerprint density at radius 1 is 1.31 bits per heavy atom. The zero-order valence-electron chi connectivity index (χ0n) is 9.36. The van der Waals surface area contributed by atoms with Crippen molar-refractivity contribution >= 4 is 11.8 Å². The lowest BCUT2D eigenvalue weighted by Crippen LogP contribution is -2.23. The first-order chi connectivity index (χ1) is 7.65. The molecule has 4 nitrogen and oxygen atoms in total. The van der Waals surface area contributed by atoms with Crippen molar-refractivity contribution in [3.8, 4) is 0 Å². The number of rotatable bonds is 2. The average molecular weight is 218 g/mol. The maximum atomic E-state index is 12.0. The van der Waals surface area contributed by atoms with Gasteiger partial charge in [0.1, 0.15) is 0 Å². The number of hydrogen-bond acceptors (Lipinski definition) is 2. The van der Waals surface area contributed by atoms with E-state index in [0.717, 1.165) is 6.54 Å². The minimum Gasteiger partial charge on any atom is -0.355 e. The molecule has 1 aliphatic rings. The minimum atomic E-state index is -0.224. The molecule has 4 heteroatoms. The molecule has 1 heterocycles. The zero-order chi connectivity index (χ0) is 11.7. The Kier molecular flexibility index (Phi) is 2.64. The van der Waals surface area contributed by atoms with Crippen molar-refractivity contribution < 1.29 is 9.59 Å². The first-order valence-corrected chi connectivity index (χ1v) is 5.27. The normalized spacial score (nSPS) is 18.1. The number of nitrogens with zero attached hydrogens (tertiary/aromatic N) is 1. The Bertz CT molecular complexity index is 442. The van der Waals surface area contributed by atoms with Crippen LogP contribution in [0.2, 0.25) is 0 Å². The van der Waals surface area contributed by atoms with Gasteiger partial charge in [-0.15, -0.1) is 0 Å². The molecule has 1 aliphatic heterocycles. The Balaban J connectivity index is 2.33. The van der Waals surface area contributed by atoms with Gasteiger partial charge in [-0.3, -0.25) is 9.59 Å². The van der Waals surface area contributed by atoms with E-state index in [-0.39, 0.29) is 11.8 Å². The first kappa shape index (κ1) is 10.7. The molecule has 1 fully saturated rings. The van der Waals surface area contributed by atoms with Gasteiger partial charge < -0.3 is 10.2 Å². The van der Waals surface area contributed by atoms with E-state index in [9.17, 15) is 9.59 Å². The molecular formula is C12H14N2O2. The maximum Gasteiger partial charge on any atom is 0.255 e. The summed E-state index contributed by atoms with van der Waals surface area (Å²) in [4.78, 5) is 25.3. The Morgan fingerprint density at radius 2 is 1.88 bits per heavy atom. The quantitative estimate of drug-likeness (QED) is 0.749. The van der Waals surface area contributed by atoms with Gasteiger partial charge in [-0.05, 0) is 19.1 Å². The monoisotopic (exact) mass is 218 g/mol. The van der Waals surface area contributed by atoms with Crippen LogP contribution in [0.15, 0.2) is 24.3 Å². The van der Waals surface area contributed by atoms with Crippen molar-refractivity contribution in [1.82, 2.24) is 10.2 Å². The fourth-order valence-corrected chi connectivity index (χ4v) is 1.68. The molecule has 1 aromatic rings. The average Bonchev–Trinajstić information content (AvgIpc) is 3.04. The Hall–Kier alpha value is -1.84. The van der Waals surface area contributed by atoms with Crippen molar-refractivity contribution in [3.63, 3.8) is 0 Å². The predicted octanol–water partition coefficient (Wildman–Crippen LogP) is 0.891. The van der Waals surface area contributed by atoms with Crippen LogP contribution in [0.5, 0.6) is 0 Å². The van der Waals surface area contributed by atoms with Gasteiger partial charge in [0.15, 0.2) is 0 Å². The van der Waals surface area contributed by atoms with Gasteiger partial charge in [-0.1, -0.05) is 12.1 Å². The highest BCUT2D eigenvalue weighted by molar-refractivity contribution is 6.07. The molecular weight excluding hydrogens is 204 g/mol. The second-order valence-corrected chi connectivity index (χ2v) is 3.93. The van der Waals surface area contributed by atoms with E-state index in [1.54, 1.807) is 36.2 Å². The van der Waals surface area contributed by atoms with Crippen LogP contribution < -0.4 is 5.32 Å². The van der Waals surface area contributed by atoms with Crippen LogP contribution in [-0.2, 0) is 0 Å². The smallest absolute Gasteiger partial charge is 0.255 e. The molecule has 1 saturated heterocycles. The van der Waals surface area contributed by atoms with Crippen LogP contribution in [0, 0.1) is 0 Å². The van der Waals surface area contributed by atoms with Crippen LogP contribution in [0.4, 0.5) is 0 Å². The molecule has 0 aromatic heterocycles. The number of nitrogens with one attached hydrogen (secondary N) is 1. The SMILES string of the molecule is CNC(=O)c1ccccc1C(=O)N1CC1C. The number of carbonyl (C=O) groups is 2. The molecule has 2 amide bonds. The van der Waals surface area contributed by atoms with Crippen LogP contribution in [0.3, 0.4) is 0 Å². The molecule has 1 N–H and O–H groups in total. The lowest BCUT2D eigenvalue weighted by atomic mass is 10.1. The van der Waals surface area contributed by atoms with Gasteiger partial charge in [0, 0.05) is 19.6 Å². The van der Waals surface area contributed by atoms with Crippen molar-refractivity contribution in [2.45, 2.75) is 13.0 Å². The third kappa shape index (κ3) is 1.78. The van der Waals surface area contributed by atoms with Crippen molar-refractivity contribution in [2.75, 3.05) is 13.6 Å². The van der Waals surface area contributed by atoms with Gasteiger partial charge in [0.05, 0.1) is 11.1 Å². The van der Waals surface area contributed by atoms with E-state index < -0.39 is 0 Å². The number of carbonyl (C=O) groups excluding carboxylic acids is 2. The largest absolute Gasteiger partial charge is 0.355 e. The summed E-state index contributed by atoms with van der Waals surface area (Å²) < 4.78 is 0. The summed E-state index contributed by atoms with van der Waals surface area (Å²) in [7, 11) is 1.56. The summed E-state index contributed by atoms with van der Waals surface area (Å²) in [5, 5.41) is 2.54. The van der Waals surface area contributed by atoms with Gasteiger partial charge in [-0.2, -0.15) is 0 Å². The number of amides is 2. The Morgan fingerprint density at radius 3 is 2.38 bits per heavy atom. The highest BCUT2D eigenvalue weighted by Gasteiger charge is 2.35. The number of benzene rings is 1.